The summed E-state index contributed by atoms with van der Waals surface area (Å²) in [5, 5.41) is 8.65. The molecule has 1 aromatic rings. The number of hydrogen-bond donors (Lipinski definition) is 1. The van der Waals surface area contributed by atoms with Gasteiger partial charge in [-0.05, 0) is 24.6 Å². The molecule has 0 saturated carbocycles. The van der Waals surface area contributed by atoms with Crippen LogP contribution in [0.2, 0.25) is 0 Å². The molecule has 0 saturated heterocycles. The number of nitriles is 1. The average Bonchev–Trinajstić information content (AvgIpc) is 2.26. The van der Waals surface area contributed by atoms with E-state index in [9.17, 15) is 13.2 Å². The molecule has 0 heterocycles. The molecule has 0 amide bonds. The van der Waals surface area contributed by atoms with Gasteiger partial charge in [-0.15, -0.1) is 0 Å². The Morgan fingerprint density at radius 3 is 2.59 bits per heavy atom. The predicted molar refractivity (Wildman–Crippen MR) is 55.4 cm³/mol. The third kappa shape index (κ3) is 3.36. The smallest absolute Gasteiger partial charge is 0.426 e. The van der Waals surface area contributed by atoms with Crippen molar-refractivity contribution in [2.45, 2.75) is 19.2 Å². The summed E-state index contributed by atoms with van der Waals surface area (Å²) < 4.78 is 42.2. The summed E-state index contributed by atoms with van der Waals surface area (Å²) in [6.07, 6.45) is -6.58. The molecular formula is C11H11F3N2O. The van der Waals surface area contributed by atoms with Gasteiger partial charge in [0.15, 0.2) is 0 Å². The van der Waals surface area contributed by atoms with Crippen LogP contribution in [-0.4, -0.2) is 18.8 Å². The number of aryl methyl sites for hydroxylation is 1. The van der Waals surface area contributed by atoms with Gasteiger partial charge in [-0.25, -0.2) is 0 Å². The second-order valence-corrected chi connectivity index (χ2v) is 3.48. The molecule has 1 aromatic carbocycles. The lowest BCUT2D eigenvalue weighted by atomic mass is 10.1. The highest BCUT2D eigenvalue weighted by molar-refractivity contribution is 5.41. The molecule has 0 bridgehead atoms. The zero-order valence-corrected chi connectivity index (χ0v) is 9.08. The van der Waals surface area contributed by atoms with Crippen molar-refractivity contribution in [3.63, 3.8) is 0 Å². The molecule has 92 valence electrons. The summed E-state index contributed by atoms with van der Waals surface area (Å²) >= 11 is 0. The second-order valence-electron chi connectivity index (χ2n) is 3.48. The molecule has 0 aliphatic carbocycles. The molecule has 0 aromatic heterocycles. The zero-order valence-electron chi connectivity index (χ0n) is 9.08. The highest BCUT2D eigenvalue weighted by atomic mass is 19.4. The molecule has 0 fully saturated rings. The fourth-order valence-corrected chi connectivity index (χ4v) is 1.20. The van der Waals surface area contributed by atoms with E-state index in [1.54, 1.807) is 6.92 Å². The van der Waals surface area contributed by atoms with Gasteiger partial charge in [0.2, 0.25) is 6.10 Å². The Morgan fingerprint density at radius 1 is 1.47 bits per heavy atom. The van der Waals surface area contributed by atoms with Crippen LogP contribution in [0.4, 0.5) is 13.2 Å². The number of nitrogens with two attached hydrogens (primary N) is 1. The molecule has 1 unspecified atom stereocenters. The Morgan fingerprint density at radius 2 is 2.12 bits per heavy atom. The van der Waals surface area contributed by atoms with E-state index >= 15 is 0 Å². The lowest BCUT2D eigenvalue weighted by molar-refractivity contribution is -0.191. The lowest BCUT2D eigenvalue weighted by Gasteiger charge is -2.21. The number of benzene rings is 1. The van der Waals surface area contributed by atoms with Gasteiger partial charge in [0.25, 0.3) is 0 Å². The maximum absolute atomic E-state index is 12.5. The third-order valence-corrected chi connectivity index (χ3v) is 2.17. The molecule has 1 rings (SSSR count). The van der Waals surface area contributed by atoms with Crippen molar-refractivity contribution in [1.29, 1.82) is 5.26 Å². The Kier molecular flexibility index (Phi) is 3.97. The Bertz CT molecular complexity index is 437. The summed E-state index contributed by atoms with van der Waals surface area (Å²) in [5.74, 6) is 0.0248. The molecule has 0 radical (unpaired) electrons. The largest absolute Gasteiger partial charge is 0.479 e. The highest BCUT2D eigenvalue weighted by Gasteiger charge is 2.41. The monoisotopic (exact) mass is 244 g/mol. The van der Waals surface area contributed by atoms with Crippen LogP contribution in [0.1, 0.15) is 11.1 Å². The molecule has 17 heavy (non-hydrogen) atoms. The van der Waals surface area contributed by atoms with Crippen LogP contribution in [0, 0.1) is 18.3 Å². The van der Waals surface area contributed by atoms with E-state index in [4.69, 9.17) is 15.7 Å². The van der Waals surface area contributed by atoms with Crippen molar-refractivity contribution in [1.82, 2.24) is 0 Å². The molecule has 6 heteroatoms. The van der Waals surface area contributed by atoms with Crippen LogP contribution in [0.25, 0.3) is 0 Å². The lowest BCUT2D eigenvalue weighted by Crippen LogP contribution is -2.40. The van der Waals surface area contributed by atoms with Crippen LogP contribution in [0.15, 0.2) is 18.2 Å². The van der Waals surface area contributed by atoms with E-state index in [-0.39, 0.29) is 11.3 Å². The topological polar surface area (TPSA) is 59.0 Å². The minimum absolute atomic E-state index is 0.0248. The first-order valence-electron chi connectivity index (χ1n) is 4.82. The van der Waals surface area contributed by atoms with Gasteiger partial charge in [0.05, 0.1) is 11.6 Å². The zero-order chi connectivity index (χ0) is 13.1. The van der Waals surface area contributed by atoms with Gasteiger partial charge in [0, 0.05) is 6.54 Å². The fourth-order valence-electron chi connectivity index (χ4n) is 1.20. The summed E-state index contributed by atoms with van der Waals surface area (Å²) in [7, 11) is 0. The van der Waals surface area contributed by atoms with Crippen molar-refractivity contribution in [3.8, 4) is 11.8 Å². The first kappa shape index (κ1) is 13.3. The maximum atomic E-state index is 12.5. The van der Waals surface area contributed by atoms with E-state index in [0.717, 1.165) is 0 Å². The van der Waals surface area contributed by atoms with Gasteiger partial charge < -0.3 is 10.5 Å². The molecule has 1 atom stereocenters. The van der Waals surface area contributed by atoms with Crippen LogP contribution in [0.3, 0.4) is 0 Å². The van der Waals surface area contributed by atoms with Crippen molar-refractivity contribution in [2.24, 2.45) is 5.73 Å². The van der Waals surface area contributed by atoms with E-state index in [1.807, 2.05) is 6.07 Å². The van der Waals surface area contributed by atoms with Crippen LogP contribution in [-0.2, 0) is 0 Å². The number of halogens is 3. The van der Waals surface area contributed by atoms with Crippen molar-refractivity contribution in [3.05, 3.63) is 29.3 Å². The number of nitrogens with zero attached hydrogens (tertiary/aromatic N) is 1. The van der Waals surface area contributed by atoms with E-state index < -0.39 is 18.8 Å². The number of alkyl halides is 3. The van der Waals surface area contributed by atoms with Gasteiger partial charge in [-0.3, -0.25) is 0 Å². The quantitative estimate of drug-likeness (QED) is 0.886. The van der Waals surface area contributed by atoms with Crippen LogP contribution >= 0.6 is 0 Å². The van der Waals surface area contributed by atoms with E-state index in [2.05, 4.69) is 0 Å². The number of ether oxygens (including phenoxy) is 1. The standard InChI is InChI=1S/C11H11F3N2O/c1-7-2-3-8(5-15)4-9(7)17-10(6-16)11(12,13)14/h2-4,10H,6,16H2,1H3. The van der Waals surface area contributed by atoms with Crippen molar-refractivity contribution in [2.75, 3.05) is 6.54 Å². The second kappa shape index (κ2) is 5.06. The van der Waals surface area contributed by atoms with E-state index in [0.29, 0.717) is 5.56 Å². The summed E-state index contributed by atoms with van der Waals surface area (Å²) in [5.41, 5.74) is 5.78. The molecule has 0 spiro atoms. The predicted octanol–water partition coefficient (Wildman–Crippen LogP) is 2.14. The van der Waals surface area contributed by atoms with Crippen molar-refractivity contribution >= 4 is 0 Å². The summed E-state index contributed by atoms with van der Waals surface area (Å²) in [4.78, 5) is 0. The first-order valence-corrected chi connectivity index (χ1v) is 4.82. The fraction of sp³-hybridized carbons (Fsp3) is 0.364. The molecule has 0 aliphatic heterocycles. The van der Waals surface area contributed by atoms with Crippen LogP contribution in [0.5, 0.6) is 5.75 Å². The van der Waals surface area contributed by atoms with Gasteiger partial charge in [-0.2, -0.15) is 18.4 Å². The Hall–Kier alpha value is -1.74. The first-order chi connectivity index (χ1) is 7.88. The third-order valence-electron chi connectivity index (χ3n) is 2.17. The normalized spacial score (nSPS) is 12.9. The maximum Gasteiger partial charge on any atom is 0.426 e. The minimum Gasteiger partial charge on any atom is -0.479 e. The number of rotatable bonds is 3. The van der Waals surface area contributed by atoms with Gasteiger partial charge in [-0.1, -0.05) is 6.07 Å². The summed E-state index contributed by atoms with van der Waals surface area (Å²) in [6, 6.07) is 6.13. The molecule has 3 nitrogen and oxygen atoms in total. The Labute approximate surface area is 96.6 Å². The average molecular weight is 244 g/mol. The SMILES string of the molecule is Cc1ccc(C#N)cc1OC(CN)C(F)(F)F. The molecular weight excluding hydrogens is 233 g/mol. The Balaban J connectivity index is 2.98. The van der Waals surface area contributed by atoms with Gasteiger partial charge in [0.1, 0.15) is 5.75 Å². The molecule has 0 aliphatic rings. The van der Waals surface area contributed by atoms with E-state index in [1.165, 1.54) is 18.2 Å². The van der Waals surface area contributed by atoms with Gasteiger partial charge >= 0.3 is 6.18 Å². The molecule has 2 N–H and O–H groups in total. The highest BCUT2D eigenvalue weighted by Crippen LogP contribution is 2.27. The van der Waals surface area contributed by atoms with Crippen LogP contribution < -0.4 is 10.5 Å². The van der Waals surface area contributed by atoms with Crippen molar-refractivity contribution < 1.29 is 17.9 Å². The summed E-state index contributed by atoms with van der Waals surface area (Å²) in [6.45, 7) is 0.931. The number of hydrogen-bond acceptors (Lipinski definition) is 3. The minimum atomic E-state index is -4.52.